The summed E-state index contributed by atoms with van der Waals surface area (Å²) in [7, 11) is 5.98. The van der Waals surface area contributed by atoms with Gasteiger partial charge in [-0.15, -0.1) is 37.2 Å². The van der Waals surface area contributed by atoms with Crippen molar-refractivity contribution in [3.8, 4) is 34.3 Å². The Morgan fingerprint density at radius 1 is 0.410 bits per heavy atom. The van der Waals surface area contributed by atoms with E-state index in [4.69, 9.17) is 48.8 Å². The molecule has 3 amide bonds. The van der Waals surface area contributed by atoms with Crippen LogP contribution in [0.15, 0.2) is 255 Å². The molecular formula is C108H122Cl3F3N18O7. The summed E-state index contributed by atoms with van der Waals surface area (Å²) >= 11 is 0. The van der Waals surface area contributed by atoms with Crippen molar-refractivity contribution in [2.24, 2.45) is 40.7 Å². The van der Waals surface area contributed by atoms with Gasteiger partial charge in [-0.25, -0.2) is 32.1 Å². The molecule has 25 nitrogen and oxygen atoms in total. The van der Waals surface area contributed by atoms with Crippen molar-refractivity contribution < 1.29 is 46.9 Å². The molecule has 0 radical (unpaired) electrons. The number of carbonyl (C=O) groups excluding carboxylic acids is 3. The number of aryl methyl sites for hydroxylation is 3. The molecule has 3 fully saturated rings. The number of benzene rings is 12. The summed E-state index contributed by atoms with van der Waals surface area (Å²) in [5, 5.41) is 49.5. The molecule has 3 aliphatic rings. The van der Waals surface area contributed by atoms with Crippen LogP contribution in [0.5, 0.6) is 17.2 Å². The molecule has 18 rings (SSSR count). The van der Waals surface area contributed by atoms with E-state index in [0.29, 0.717) is 95.2 Å². The predicted octanol–water partition coefficient (Wildman–Crippen LogP) is 19.9. The highest BCUT2D eigenvalue weighted by atomic mass is 35.5. The lowest BCUT2D eigenvalue weighted by atomic mass is 9.92. The first kappa shape index (κ1) is 108. The minimum atomic E-state index is -0.546. The predicted molar refractivity (Wildman–Crippen MR) is 557 cm³/mol. The first-order chi connectivity index (χ1) is 65.7. The minimum Gasteiger partial charge on any atom is -0.496 e. The van der Waals surface area contributed by atoms with E-state index in [1.807, 2.05) is 135 Å². The summed E-state index contributed by atoms with van der Waals surface area (Å²) in [5.74, 6) is 1.05. The van der Waals surface area contributed by atoms with Gasteiger partial charge < -0.3 is 79.5 Å². The van der Waals surface area contributed by atoms with Crippen molar-refractivity contribution in [3.05, 3.63) is 362 Å². The lowest BCUT2D eigenvalue weighted by molar-refractivity contribution is 0.101. The lowest BCUT2D eigenvalue weighted by Crippen LogP contribution is -2.27. The summed E-state index contributed by atoms with van der Waals surface area (Å²) < 4.78 is 67.8. The molecule has 3 aromatic heterocycles. The zero-order valence-corrected chi connectivity index (χ0v) is 80.5. The van der Waals surface area contributed by atoms with Crippen LogP contribution in [0.4, 0.5) is 35.9 Å². The average Bonchev–Trinajstić information content (AvgIpc) is 1.54. The van der Waals surface area contributed by atoms with Gasteiger partial charge in [0.05, 0.1) is 97.2 Å². The van der Waals surface area contributed by atoms with Crippen molar-refractivity contribution >= 4 is 110 Å². The van der Waals surface area contributed by atoms with Crippen LogP contribution in [-0.4, -0.2) is 126 Å². The second-order valence-corrected chi connectivity index (χ2v) is 33.6. The number of halogens is 6. The van der Waals surface area contributed by atoms with Gasteiger partial charge in [-0.3, -0.25) is 14.4 Å². The first-order valence-electron chi connectivity index (χ1n) is 45.3. The maximum absolute atomic E-state index is 15.3. The molecule has 3 saturated carbocycles. The van der Waals surface area contributed by atoms with Gasteiger partial charge in [0.25, 0.3) is 17.7 Å². The largest absolute Gasteiger partial charge is 0.496 e. The van der Waals surface area contributed by atoms with Crippen LogP contribution in [0, 0.1) is 62.5 Å². The van der Waals surface area contributed by atoms with Crippen molar-refractivity contribution in [2.45, 2.75) is 97.9 Å². The Labute approximate surface area is 827 Å². The van der Waals surface area contributed by atoms with Crippen LogP contribution >= 0.6 is 37.2 Å². The Hall–Kier alpha value is -13.4. The maximum Gasteiger partial charge on any atom is 0.274 e. The van der Waals surface area contributed by atoms with Gasteiger partial charge >= 0.3 is 0 Å². The summed E-state index contributed by atoms with van der Waals surface area (Å²) in [4.78, 5) is 44.2. The third-order valence-electron chi connectivity index (χ3n) is 23.8. The van der Waals surface area contributed by atoms with Gasteiger partial charge in [-0.2, -0.15) is 15.3 Å². The third kappa shape index (κ3) is 27.0. The SMILES string of the molecule is C.CO.COc1ccc2ccccc2c1C(NCC1CC1)c1ccc(F)c(NC(=O)c2cc(C)nn2-c2cccc(CN)c2)c1.COc1ccc2ccccc2c1C(NCC1CC1)c1ccc(F)c(NC(=O)c2cc(C)nn2-c2cccc(CN)c2)c1.Cl.Cl.Cl.NCCNCCN.[C-]#[N+]c1cccc(-n2nc(C)cc2C(=O)Nc2cc(C(NCC3CC3)c3c(OC)ccc4ccccc34)ccc2F)c1. The van der Waals surface area contributed by atoms with Crippen LogP contribution in [0.1, 0.15) is 157 Å². The molecule has 0 aliphatic heterocycles. The summed E-state index contributed by atoms with van der Waals surface area (Å²) in [6, 6.07) is 77.1. The number of nitrogens with two attached hydrogens (primary N) is 4. The second kappa shape index (κ2) is 51.4. The van der Waals surface area contributed by atoms with Gasteiger partial charge in [0, 0.05) is 63.1 Å². The molecule has 16 N–H and O–H groups in total. The van der Waals surface area contributed by atoms with Gasteiger partial charge in [0.2, 0.25) is 0 Å². The number of aliphatic hydroxyl groups excluding tert-OH is 1. The van der Waals surface area contributed by atoms with Crippen molar-refractivity contribution in [1.29, 1.82) is 0 Å². The van der Waals surface area contributed by atoms with E-state index < -0.39 is 35.2 Å². The minimum absolute atomic E-state index is 0. The van der Waals surface area contributed by atoms with E-state index in [0.717, 1.165) is 134 Å². The quantitative estimate of drug-likeness (QED) is 0.0134. The van der Waals surface area contributed by atoms with E-state index >= 15 is 13.2 Å². The molecule has 31 heteroatoms. The normalized spacial score (nSPS) is 12.9. The number of amides is 3. The van der Waals surface area contributed by atoms with Gasteiger partial charge in [0.1, 0.15) is 51.8 Å². The fourth-order valence-corrected chi connectivity index (χ4v) is 16.5. The Morgan fingerprint density at radius 3 is 1.00 bits per heavy atom. The van der Waals surface area contributed by atoms with Crippen LogP contribution in [0.2, 0.25) is 0 Å². The molecule has 15 aromatic rings. The number of methoxy groups -OCH3 is 3. The fraction of sp³-hybridized carbons (Fsp3) is 0.269. The maximum atomic E-state index is 15.3. The number of aromatic nitrogens is 6. The Morgan fingerprint density at radius 2 is 0.712 bits per heavy atom. The zero-order chi connectivity index (χ0) is 95.2. The molecule has 3 aliphatic carbocycles. The van der Waals surface area contributed by atoms with Gasteiger partial charge in [0.15, 0.2) is 5.69 Å². The molecule has 0 spiro atoms. The van der Waals surface area contributed by atoms with Gasteiger partial charge in [-0.1, -0.05) is 153 Å². The van der Waals surface area contributed by atoms with Crippen molar-refractivity contribution in [1.82, 2.24) is 50.6 Å². The molecule has 3 heterocycles. The van der Waals surface area contributed by atoms with E-state index in [1.54, 1.807) is 116 Å². The number of hydrogen-bond acceptors (Lipinski definition) is 18. The van der Waals surface area contributed by atoms with E-state index in [1.165, 1.54) is 61.4 Å². The number of carbonyl (C=O) groups is 3. The topological polar surface area (TPSA) is 345 Å². The average molecular weight is 1950 g/mol. The Balaban J connectivity index is 0.000000203. The lowest BCUT2D eigenvalue weighted by Gasteiger charge is -2.24. The fourth-order valence-electron chi connectivity index (χ4n) is 16.5. The molecule has 3 unspecified atom stereocenters. The molecule has 0 saturated heterocycles. The number of nitrogens with one attached hydrogen (secondary N) is 7. The highest BCUT2D eigenvalue weighted by Crippen LogP contribution is 2.44. The number of ether oxygens (including phenoxy) is 3. The summed E-state index contributed by atoms with van der Waals surface area (Å²) in [6.07, 6.45) is 7.14. The van der Waals surface area contributed by atoms with Crippen LogP contribution in [-0.2, 0) is 13.1 Å². The van der Waals surface area contributed by atoms with Crippen LogP contribution in [0.25, 0.3) is 54.2 Å². The zero-order valence-electron chi connectivity index (χ0n) is 78.0. The Bertz CT molecular complexity index is 6480. The molecule has 0 bridgehead atoms. The molecule has 3 atom stereocenters. The number of fused-ring (bicyclic) bond motifs is 3. The third-order valence-corrected chi connectivity index (χ3v) is 23.8. The number of aliphatic hydroxyl groups is 1. The molecule has 139 heavy (non-hydrogen) atoms. The highest BCUT2D eigenvalue weighted by Gasteiger charge is 2.33. The van der Waals surface area contributed by atoms with E-state index in [9.17, 15) is 14.4 Å². The first-order valence-corrected chi connectivity index (χ1v) is 45.3. The number of anilines is 3. The standard InChI is InChI=1S/C34H30FN5O2.2C34H34FN5O2.C4H13N3.CH4O.CH4.3ClH/c1-21-17-30(40(39-21)26-9-6-8-25(19-26)36-2)34(41)38-29-18-24(13-15-28(29)35)33(37-20-22-11-12-22)32-27-10-5-4-7-23(27)14-16-31(32)42-3;2*1-21-16-30(40(39-21)26-8-5-6-23(17-26)19-36)34(41)38-29-18-25(12-14-28(29)35)33(37-20-22-10-11-22)32-27-9-4-3-7-24(27)13-15-31(32)42-2;5-1-3-7-4-2-6;1-2;;;;/h4-10,13-19,22,33,37H,11-12,20H2,1,3H3,(H,38,41);2*3-9,12-18,22,33,37H,10-11,19-20,36H2,1-2H3,(H,38,41);7H,1-6H2;2H,1H3;1H4;3*1H. The smallest absolute Gasteiger partial charge is 0.274 e. The molecular weight excluding hydrogens is 1820 g/mol. The molecule has 12 aromatic carbocycles. The number of nitrogens with zero attached hydrogens (tertiary/aromatic N) is 7. The number of rotatable bonds is 33. The summed E-state index contributed by atoms with van der Waals surface area (Å²) in [6.45, 7) is 19.1. The monoisotopic (exact) mass is 1940 g/mol. The van der Waals surface area contributed by atoms with E-state index in [-0.39, 0.29) is 85.5 Å². The highest BCUT2D eigenvalue weighted by molar-refractivity contribution is 6.06. The summed E-state index contributed by atoms with van der Waals surface area (Å²) in [5.41, 5.74) is 34.6. The second-order valence-electron chi connectivity index (χ2n) is 33.6. The van der Waals surface area contributed by atoms with E-state index in [2.05, 4.69) is 93.8 Å². The van der Waals surface area contributed by atoms with Crippen LogP contribution < -0.4 is 74.4 Å². The Kier molecular flexibility index (Phi) is 39.8. The van der Waals surface area contributed by atoms with Crippen molar-refractivity contribution in [2.75, 3.05) is 90.2 Å². The number of hydrogen-bond donors (Lipinski definition) is 12. The van der Waals surface area contributed by atoms with Crippen LogP contribution in [0.3, 0.4) is 0 Å². The van der Waals surface area contributed by atoms with Gasteiger partial charge in [-0.05, 0) is 266 Å². The molecule has 728 valence electrons. The van der Waals surface area contributed by atoms with Crippen molar-refractivity contribution in [3.63, 3.8) is 0 Å².